The van der Waals surface area contributed by atoms with E-state index < -0.39 is 0 Å². The number of aryl methyl sites for hydroxylation is 1. The molecular formula is C27H37NO4S. The zero-order valence-electron chi connectivity index (χ0n) is 21.0. The Morgan fingerprint density at radius 2 is 1.97 bits per heavy atom. The van der Waals surface area contributed by atoms with Crippen molar-refractivity contribution in [2.24, 2.45) is 11.3 Å². The number of nitrogens with one attached hydrogen (secondary N) is 1. The van der Waals surface area contributed by atoms with Gasteiger partial charge in [0.25, 0.3) is 5.91 Å². The van der Waals surface area contributed by atoms with Crippen LogP contribution in [-0.4, -0.2) is 25.1 Å². The highest BCUT2D eigenvalue weighted by Crippen LogP contribution is 2.44. The fraction of sp³-hybridized carbons (Fsp3) is 0.556. The Hall–Kier alpha value is -2.34. The monoisotopic (exact) mass is 471 g/mol. The molecular weight excluding hydrogens is 434 g/mol. The highest BCUT2D eigenvalue weighted by Gasteiger charge is 2.34. The number of benzene rings is 1. The van der Waals surface area contributed by atoms with Gasteiger partial charge in [-0.05, 0) is 73.1 Å². The van der Waals surface area contributed by atoms with E-state index in [4.69, 9.17) is 9.47 Å². The van der Waals surface area contributed by atoms with Gasteiger partial charge in [0.2, 0.25) is 0 Å². The molecule has 0 aliphatic heterocycles. The molecule has 1 heterocycles. The van der Waals surface area contributed by atoms with E-state index in [1.165, 1.54) is 16.2 Å². The summed E-state index contributed by atoms with van der Waals surface area (Å²) in [5.41, 5.74) is 3.91. The second-order valence-corrected chi connectivity index (χ2v) is 11.4. The molecule has 1 amide bonds. The van der Waals surface area contributed by atoms with Crippen molar-refractivity contribution in [2.45, 2.75) is 73.6 Å². The lowest BCUT2D eigenvalue weighted by Gasteiger charge is -2.33. The van der Waals surface area contributed by atoms with Gasteiger partial charge in [-0.1, -0.05) is 46.8 Å². The van der Waals surface area contributed by atoms with E-state index in [1.54, 1.807) is 6.92 Å². The number of hydrogen-bond acceptors (Lipinski definition) is 5. The van der Waals surface area contributed by atoms with Crippen LogP contribution in [0.4, 0.5) is 5.00 Å². The van der Waals surface area contributed by atoms with Gasteiger partial charge in [-0.3, -0.25) is 4.79 Å². The van der Waals surface area contributed by atoms with Crippen molar-refractivity contribution in [2.75, 3.05) is 18.5 Å². The molecule has 180 valence electrons. The van der Waals surface area contributed by atoms with Crippen LogP contribution in [0.5, 0.6) is 5.75 Å². The molecule has 2 aromatic rings. The van der Waals surface area contributed by atoms with E-state index in [-0.39, 0.29) is 23.9 Å². The molecule has 5 nitrogen and oxygen atoms in total. The Morgan fingerprint density at radius 3 is 2.61 bits per heavy atom. The highest BCUT2D eigenvalue weighted by atomic mass is 32.1. The number of ether oxygens (including phenoxy) is 2. The van der Waals surface area contributed by atoms with Crippen molar-refractivity contribution in [1.82, 2.24) is 0 Å². The van der Waals surface area contributed by atoms with Crippen LogP contribution in [0.3, 0.4) is 0 Å². The van der Waals surface area contributed by atoms with Gasteiger partial charge in [0, 0.05) is 4.88 Å². The van der Waals surface area contributed by atoms with Gasteiger partial charge < -0.3 is 14.8 Å². The maximum absolute atomic E-state index is 12.8. The fourth-order valence-corrected chi connectivity index (χ4v) is 5.71. The SMILES string of the molecule is CCOC(=O)c1c(NC(=O)COc2cc(C)ccc2C(C)C)sc2c1CCC(C(C)(C)C)C2. The predicted octanol–water partition coefficient (Wildman–Crippen LogP) is 6.53. The van der Waals surface area contributed by atoms with E-state index in [2.05, 4.69) is 46.0 Å². The number of esters is 1. The lowest BCUT2D eigenvalue weighted by molar-refractivity contribution is -0.118. The summed E-state index contributed by atoms with van der Waals surface area (Å²) in [6.45, 7) is 15.0. The number of hydrogen-bond donors (Lipinski definition) is 1. The summed E-state index contributed by atoms with van der Waals surface area (Å²) in [4.78, 5) is 26.8. The average molecular weight is 472 g/mol. The zero-order valence-corrected chi connectivity index (χ0v) is 21.8. The number of rotatable bonds is 7. The van der Waals surface area contributed by atoms with Crippen LogP contribution in [0.2, 0.25) is 0 Å². The molecule has 1 atom stereocenters. The highest BCUT2D eigenvalue weighted by molar-refractivity contribution is 7.17. The van der Waals surface area contributed by atoms with Gasteiger partial charge in [-0.2, -0.15) is 0 Å². The molecule has 0 saturated heterocycles. The Labute approximate surface area is 201 Å². The lowest BCUT2D eigenvalue weighted by Crippen LogP contribution is -2.26. The number of carbonyl (C=O) groups excluding carboxylic acids is 2. The number of anilines is 1. The summed E-state index contributed by atoms with van der Waals surface area (Å²) < 4.78 is 11.2. The third-order valence-electron chi connectivity index (χ3n) is 6.37. The minimum absolute atomic E-state index is 0.112. The average Bonchev–Trinajstić information content (AvgIpc) is 3.08. The van der Waals surface area contributed by atoms with E-state index in [0.29, 0.717) is 29.0 Å². The molecule has 0 fully saturated rings. The van der Waals surface area contributed by atoms with Gasteiger partial charge in [0.05, 0.1) is 12.2 Å². The topological polar surface area (TPSA) is 64.6 Å². The summed E-state index contributed by atoms with van der Waals surface area (Å²) in [6.07, 6.45) is 2.78. The van der Waals surface area contributed by atoms with Crippen molar-refractivity contribution in [1.29, 1.82) is 0 Å². The summed E-state index contributed by atoms with van der Waals surface area (Å²) >= 11 is 1.51. The fourth-order valence-electron chi connectivity index (χ4n) is 4.38. The molecule has 1 unspecified atom stereocenters. The Bertz CT molecular complexity index is 1020. The molecule has 1 N–H and O–H groups in total. The van der Waals surface area contributed by atoms with Crippen molar-refractivity contribution >= 4 is 28.2 Å². The standard InChI is InChI=1S/C27H37NO4S/c1-8-31-26(30)24-20-12-10-18(27(5,6)7)14-22(20)33-25(24)28-23(29)15-32-21-13-17(4)9-11-19(21)16(2)3/h9,11,13,16,18H,8,10,12,14-15H2,1-7H3,(H,28,29). The van der Waals surface area contributed by atoms with Gasteiger partial charge in [-0.15, -0.1) is 11.3 Å². The second kappa shape index (κ2) is 10.3. The molecule has 0 spiro atoms. The van der Waals surface area contributed by atoms with Crippen LogP contribution in [0.1, 0.15) is 85.8 Å². The first-order valence-electron chi connectivity index (χ1n) is 11.9. The van der Waals surface area contributed by atoms with Crippen molar-refractivity contribution < 1.29 is 19.1 Å². The third kappa shape index (κ3) is 5.97. The van der Waals surface area contributed by atoms with Crippen LogP contribution >= 0.6 is 11.3 Å². The van der Waals surface area contributed by atoms with Crippen molar-refractivity contribution in [3.63, 3.8) is 0 Å². The molecule has 1 aliphatic carbocycles. The largest absolute Gasteiger partial charge is 0.483 e. The second-order valence-electron chi connectivity index (χ2n) is 10.3. The molecule has 6 heteroatoms. The molecule has 0 saturated carbocycles. The number of carbonyl (C=O) groups is 2. The normalized spacial score (nSPS) is 15.8. The molecule has 1 aliphatic rings. The predicted molar refractivity (Wildman–Crippen MR) is 135 cm³/mol. The minimum Gasteiger partial charge on any atom is -0.483 e. The van der Waals surface area contributed by atoms with Gasteiger partial charge >= 0.3 is 5.97 Å². The zero-order chi connectivity index (χ0) is 24.3. The summed E-state index contributed by atoms with van der Waals surface area (Å²) in [5.74, 6) is 0.924. The van der Waals surface area contributed by atoms with Crippen LogP contribution in [0, 0.1) is 18.3 Å². The molecule has 33 heavy (non-hydrogen) atoms. The lowest BCUT2D eigenvalue weighted by atomic mass is 9.72. The molecule has 0 radical (unpaired) electrons. The third-order valence-corrected chi connectivity index (χ3v) is 7.54. The summed E-state index contributed by atoms with van der Waals surface area (Å²) in [6, 6.07) is 6.06. The summed E-state index contributed by atoms with van der Waals surface area (Å²) in [5, 5.41) is 3.53. The molecule has 1 aromatic carbocycles. The number of fused-ring (bicyclic) bond motifs is 1. The minimum atomic E-state index is -0.360. The van der Waals surface area contributed by atoms with E-state index >= 15 is 0 Å². The van der Waals surface area contributed by atoms with Crippen molar-refractivity contribution in [3.05, 3.63) is 45.3 Å². The first-order chi connectivity index (χ1) is 15.5. The van der Waals surface area contributed by atoms with Gasteiger partial charge in [0.1, 0.15) is 10.8 Å². The Kier molecular flexibility index (Phi) is 7.88. The number of thiophene rings is 1. The van der Waals surface area contributed by atoms with Gasteiger partial charge in [0.15, 0.2) is 6.61 Å². The Balaban J connectivity index is 1.80. The van der Waals surface area contributed by atoms with Crippen LogP contribution in [0.15, 0.2) is 18.2 Å². The number of amides is 1. The molecule has 0 bridgehead atoms. The molecule has 1 aromatic heterocycles. The maximum Gasteiger partial charge on any atom is 0.341 e. The molecule has 3 rings (SSSR count). The first-order valence-corrected chi connectivity index (χ1v) is 12.7. The van der Waals surface area contributed by atoms with Gasteiger partial charge in [-0.25, -0.2) is 4.79 Å². The van der Waals surface area contributed by atoms with E-state index in [9.17, 15) is 9.59 Å². The summed E-state index contributed by atoms with van der Waals surface area (Å²) in [7, 11) is 0. The van der Waals surface area contributed by atoms with Crippen LogP contribution in [0.25, 0.3) is 0 Å². The van der Waals surface area contributed by atoms with Crippen LogP contribution in [-0.2, 0) is 22.4 Å². The smallest absolute Gasteiger partial charge is 0.341 e. The van der Waals surface area contributed by atoms with E-state index in [0.717, 1.165) is 41.7 Å². The van der Waals surface area contributed by atoms with Crippen LogP contribution < -0.4 is 10.1 Å². The Morgan fingerprint density at radius 1 is 1.24 bits per heavy atom. The maximum atomic E-state index is 12.8. The van der Waals surface area contributed by atoms with Crippen molar-refractivity contribution in [3.8, 4) is 5.75 Å². The quantitative estimate of drug-likeness (QED) is 0.467. The first kappa shape index (κ1) is 25.3. The van der Waals surface area contributed by atoms with E-state index in [1.807, 2.05) is 19.1 Å².